The molecular formula is C19H15ClN4OS2. The minimum absolute atomic E-state index is 0.229. The van der Waals surface area contributed by atoms with E-state index in [1.165, 1.54) is 4.90 Å². The fraction of sp³-hybridized carbons (Fsp3) is 0.105. The van der Waals surface area contributed by atoms with Gasteiger partial charge in [-0.25, -0.2) is 4.98 Å². The highest BCUT2D eigenvalue weighted by Crippen LogP contribution is 2.30. The number of hydrogen-bond donors (Lipinski definition) is 1. The van der Waals surface area contributed by atoms with Crippen molar-refractivity contribution in [1.29, 1.82) is 0 Å². The van der Waals surface area contributed by atoms with Crippen LogP contribution < -0.4 is 10.2 Å². The highest BCUT2D eigenvalue weighted by molar-refractivity contribution is 7.80. The lowest BCUT2D eigenvalue weighted by atomic mass is 10.2. The van der Waals surface area contributed by atoms with Gasteiger partial charge in [-0.05, 0) is 55.9 Å². The Balaban J connectivity index is 1.72. The van der Waals surface area contributed by atoms with Gasteiger partial charge < -0.3 is 5.32 Å². The first-order chi connectivity index (χ1) is 13.0. The first-order valence-electron chi connectivity index (χ1n) is 8.18. The van der Waals surface area contributed by atoms with Crippen molar-refractivity contribution in [3.63, 3.8) is 0 Å². The number of thiazole rings is 1. The van der Waals surface area contributed by atoms with E-state index in [4.69, 9.17) is 23.8 Å². The minimum atomic E-state index is -0.229. The summed E-state index contributed by atoms with van der Waals surface area (Å²) in [6.07, 6.45) is 3.59. The average molecular weight is 415 g/mol. The number of aromatic nitrogens is 2. The number of para-hydroxylation sites is 1. The quantitative estimate of drug-likeness (QED) is 0.507. The van der Waals surface area contributed by atoms with Crippen molar-refractivity contribution in [1.82, 2.24) is 14.9 Å². The van der Waals surface area contributed by atoms with Gasteiger partial charge in [-0.2, -0.15) is 0 Å². The standard InChI is InChI=1S/C19H15ClN4OS2/c1-11-9-13(12(2)23(11)19-21-7-8-27-19)10-15-17(25)24(18(26)22-15)16-6-4-3-5-14(16)20/h3-10H,1-2H3,(H,22,26)/b15-10-. The van der Waals surface area contributed by atoms with Gasteiger partial charge in [0.15, 0.2) is 10.2 Å². The van der Waals surface area contributed by atoms with Crippen molar-refractivity contribution < 1.29 is 4.79 Å². The Morgan fingerprint density at radius 3 is 2.78 bits per heavy atom. The Bertz CT molecular complexity index is 1090. The molecule has 0 aliphatic carbocycles. The molecular weight excluding hydrogens is 400 g/mol. The van der Waals surface area contributed by atoms with Crippen LogP contribution in [0.5, 0.6) is 0 Å². The first kappa shape index (κ1) is 17.9. The lowest BCUT2D eigenvalue weighted by molar-refractivity contribution is -0.113. The maximum absolute atomic E-state index is 12.9. The van der Waals surface area contributed by atoms with Gasteiger partial charge >= 0.3 is 0 Å². The van der Waals surface area contributed by atoms with E-state index < -0.39 is 0 Å². The second kappa shape index (κ2) is 6.92. The molecule has 5 nitrogen and oxygen atoms in total. The number of aryl methyl sites for hydroxylation is 1. The van der Waals surface area contributed by atoms with Crippen LogP contribution >= 0.6 is 35.2 Å². The molecule has 4 rings (SSSR count). The van der Waals surface area contributed by atoms with Crippen molar-refractivity contribution in [3.05, 3.63) is 69.6 Å². The third-order valence-corrected chi connectivity index (χ3v) is 5.71. The lowest BCUT2D eigenvalue weighted by Gasteiger charge is -2.15. The number of nitrogens with one attached hydrogen (secondary N) is 1. The summed E-state index contributed by atoms with van der Waals surface area (Å²) >= 11 is 13.2. The van der Waals surface area contributed by atoms with Crippen LogP contribution in [0.3, 0.4) is 0 Å². The number of nitrogens with zero attached hydrogens (tertiary/aromatic N) is 3. The van der Waals surface area contributed by atoms with E-state index >= 15 is 0 Å². The first-order valence-corrected chi connectivity index (χ1v) is 9.84. The molecule has 0 unspecified atom stereocenters. The molecule has 0 saturated carbocycles. The van der Waals surface area contributed by atoms with E-state index in [1.54, 1.807) is 29.7 Å². The lowest BCUT2D eigenvalue weighted by Crippen LogP contribution is -2.30. The molecule has 0 radical (unpaired) electrons. The third-order valence-electron chi connectivity index (χ3n) is 4.35. The summed E-state index contributed by atoms with van der Waals surface area (Å²) in [4.78, 5) is 18.7. The summed E-state index contributed by atoms with van der Waals surface area (Å²) in [7, 11) is 0. The number of rotatable bonds is 3. The summed E-state index contributed by atoms with van der Waals surface area (Å²) in [5.41, 5.74) is 3.97. The van der Waals surface area contributed by atoms with Gasteiger partial charge in [0.1, 0.15) is 5.70 Å². The number of hydrogen-bond acceptors (Lipinski definition) is 4. The summed E-state index contributed by atoms with van der Waals surface area (Å²) in [5, 5.41) is 6.63. The molecule has 0 atom stereocenters. The number of anilines is 1. The van der Waals surface area contributed by atoms with Crippen molar-refractivity contribution >= 4 is 57.9 Å². The number of carbonyl (C=O) groups excluding carboxylic acids is 1. The highest BCUT2D eigenvalue weighted by Gasteiger charge is 2.33. The molecule has 1 saturated heterocycles. The van der Waals surface area contributed by atoms with E-state index in [-0.39, 0.29) is 5.91 Å². The zero-order valence-electron chi connectivity index (χ0n) is 14.6. The fourth-order valence-corrected chi connectivity index (χ4v) is 4.36. The zero-order valence-corrected chi connectivity index (χ0v) is 17.0. The van der Waals surface area contributed by atoms with Gasteiger partial charge in [0.2, 0.25) is 0 Å². The van der Waals surface area contributed by atoms with Crippen LogP contribution in [-0.4, -0.2) is 20.6 Å². The zero-order chi connectivity index (χ0) is 19.1. The van der Waals surface area contributed by atoms with Crippen LogP contribution in [0.4, 0.5) is 5.69 Å². The predicted octanol–water partition coefficient (Wildman–Crippen LogP) is 4.47. The smallest absolute Gasteiger partial charge is 0.281 e. The van der Waals surface area contributed by atoms with E-state index in [2.05, 4.69) is 14.9 Å². The van der Waals surface area contributed by atoms with Crippen LogP contribution in [0.1, 0.15) is 17.0 Å². The molecule has 3 heterocycles. The van der Waals surface area contributed by atoms with Crippen LogP contribution in [-0.2, 0) is 4.79 Å². The molecule has 1 aromatic carbocycles. The van der Waals surface area contributed by atoms with Crippen molar-refractivity contribution in [2.24, 2.45) is 0 Å². The maximum atomic E-state index is 12.9. The SMILES string of the molecule is Cc1cc(/C=C2\NC(=S)N(c3ccccc3Cl)C2=O)c(C)n1-c1nccs1. The van der Waals surface area contributed by atoms with Gasteiger partial charge in [-0.1, -0.05) is 23.7 Å². The minimum Gasteiger partial charge on any atom is -0.327 e. The average Bonchev–Trinajstić information content (AvgIpc) is 3.30. The number of halogens is 1. The molecule has 1 aliphatic rings. The fourth-order valence-electron chi connectivity index (χ4n) is 3.10. The highest BCUT2D eigenvalue weighted by atomic mass is 35.5. The maximum Gasteiger partial charge on any atom is 0.281 e. The van der Waals surface area contributed by atoms with Crippen LogP contribution in [0.25, 0.3) is 11.2 Å². The summed E-state index contributed by atoms with van der Waals surface area (Å²) in [6, 6.07) is 9.16. The Morgan fingerprint density at radius 1 is 1.30 bits per heavy atom. The van der Waals surface area contributed by atoms with Gasteiger partial charge in [0.05, 0.1) is 10.7 Å². The summed E-state index contributed by atoms with van der Waals surface area (Å²) in [5.74, 6) is -0.229. The molecule has 1 fully saturated rings. The molecule has 1 N–H and O–H groups in total. The third kappa shape index (κ3) is 3.07. The molecule has 136 valence electrons. The summed E-state index contributed by atoms with van der Waals surface area (Å²) < 4.78 is 2.07. The predicted molar refractivity (Wildman–Crippen MR) is 114 cm³/mol. The van der Waals surface area contributed by atoms with Crippen molar-refractivity contribution in [2.75, 3.05) is 4.90 Å². The van der Waals surface area contributed by atoms with Crippen molar-refractivity contribution in [2.45, 2.75) is 13.8 Å². The molecule has 27 heavy (non-hydrogen) atoms. The number of benzene rings is 1. The van der Waals surface area contributed by atoms with E-state index in [0.29, 0.717) is 21.5 Å². The molecule has 8 heteroatoms. The monoisotopic (exact) mass is 414 g/mol. The second-order valence-electron chi connectivity index (χ2n) is 6.06. The second-order valence-corrected chi connectivity index (χ2v) is 7.72. The topological polar surface area (TPSA) is 50.2 Å². The Morgan fingerprint density at radius 2 is 2.07 bits per heavy atom. The van der Waals surface area contributed by atoms with E-state index in [0.717, 1.165) is 22.1 Å². The van der Waals surface area contributed by atoms with Gasteiger partial charge in [-0.3, -0.25) is 14.3 Å². The van der Waals surface area contributed by atoms with Gasteiger partial charge in [0, 0.05) is 23.0 Å². The molecule has 0 spiro atoms. The van der Waals surface area contributed by atoms with Crippen LogP contribution in [0.15, 0.2) is 47.6 Å². The number of carbonyl (C=O) groups is 1. The Hall–Kier alpha value is -2.48. The largest absolute Gasteiger partial charge is 0.327 e. The Kier molecular flexibility index (Phi) is 4.59. The van der Waals surface area contributed by atoms with Gasteiger partial charge in [0.25, 0.3) is 5.91 Å². The van der Waals surface area contributed by atoms with Crippen molar-refractivity contribution in [3.8, 4) is 5.13 Å². The summed E-state index contributed by atoms with van der Waals surface area (Å²) in [6.45, 7) is 4.02. The van der Waals surface area contributed by atoms with Crippen LogP contribution in [0.2, 0.25) is 5.02 Å². The van der Waals surface area contributed by atoms with E-state index in [1.807, 2.05) is 43.5 Å². The molecule has 3 aromatic rings. The number of amides is 1. The molecule has 1 amide bonds. The normalized spacial score (nSPS) is 15.7. The van der Waals surface area contributed by atoms with E-state index in [9.17, 15) is 4.79 Å². The van der Waals surface area contributed by atoms with Gasteiger partial charge in [-0.15, -0.1) is 11.3 Å². The van der Waals surface area contributed by atoms with Crippen LogP contribution in [0, 0.1) is 13.8 Å². The molecule has 2 aromatic heterocycles. The number of thiocarbonyl (C=S) groups is 1. The Labute approximate surface area is 170 Å². The molecule has 1 aliphatic heterocycles. The molecule has 0 bridgehead atoms.